The zero-order chi connectivity index (χ0) is 8.97. The molecule has 1 aromatic carbocycles. The number of aryl methyl sites for hydroxylation is 1. The molecule has 0 aliphatic rings. The van der Waals surface area contributed by atoms with Crippen molar-refractivity contribution in [1.29, 1.82) is 0 Å². The highest BCUT2D eigenvalue weighted by Gasteiger charge is 2.03. The largest absolute Gasteiger partial charge is 0.298 e. The van der Waals surface area contributed by atoms with Crippen molar-refractivity contribution >= 4 is 17.5 Å². The van der Waals surface area contributed by atoms with Crippen LogP contribution in [0.4, 0.5) is 5.69 Å². The predicted octanol–water partition coefficient (Wildman–Crippen LogP) is 3.18. The summed E-state index contributed by atoms with van der Waals surface area (Å²) < 4.78 is 0. The normalized spacial score (nSPS) is 9.92. The highest BCUT2D eigenvalue weighted by Crippen LogP contribution is 2.21. The lowest BCUT2D eigenvalue weighted by molar-refractivity contribution is 1.04. The second-order valence-electron chi connectivity index (χ2n) is 2.65. The molecular weight excluding hydrogens is 170 g/mol. The van der Waals surface area contributed by atoms with Crippen LogP contribution in [0.5, 0.6) is 0 Å². The van der Waals surface area contributed by atoms with Crippen LogP contribution in [0.1, 0.15) is 25.0 Å². The Balaban J connectivity index is 3.13. The fourth-order valence-electron chi connectivity index (χ4n) is 1.38. The highest BCUT2D eigenvalue weighted by atomic mass is 35.5. The van der Waals surface area contributed by atoms with Crippen LogP contribution >= 0.6 is 11.8 Å². The summed E-state index contributed by atoms with van der Waals surface area (Å²) >= 11 is 5.58. The molecule has 0 fully saturated rings. The maximum absolute atomic E-state index is 5.58. The first-order valence-corrected chi connectivity index (χ1v) is 4.60. The fourth-order valence-corrected chi connectivity index (χ4v) is 1.56. The number of hydrogen-bond acceptors (Lipinski definition) is 1. The lowest BCUT2D eigenvalue weighted by Gasteiger charge is -2.09. The lowest BCUT2D eigenvalue weighted by atomic mass is 10.0. The number of nitrogens with one attached hydrogen (secondary N) is 1. The molecule has 0 saturated carbocycles. The molecule has 65 valence electrons. The monoisotopic (exact) mass is 182 g/mol. The van der Waals surface area contributed by atoms with Gasteiger partial charge in [-0.3, -0.25) is 4.84 Å². The molecule has 0 unspecified atom stereocenters. The number of hydrogen-bond donors (Lipinski definition) is 1. The third-order valence-electron chi connectivity index (χ3n) is 2.01. The van der Waals surface area contributed by atoms with Gasteiger partial charge in [0.25, 0.3) is 0 Å². The van der Waals surface area contributed by atoms with Gasteiger partial charge in [0, 0.05) is 11.8 Å². The minimum Gasteiger partial charge on any atom is -0.298 e. The van der Waals surface area contributed by atoms with Crippen molar-refractivity contribution in [2.75, 3.05) is 4.84 Å². The Morgan fingerprint density at radius 1 is 1.42 bits per heavy atom. The van der Waals surface area contributed by atoms with Crippen molar-refractivity contribution in [3.63, 3.8) is 0 Å². The van der Waals surface area contributed by atoms with Crippen LogP contribution in [-0.2, 0) is 12.8 Å². The average Bonchev–Trinajstić information content (AvgIpc) is 2.16. The van der Waals surface area contributed by atoms with Crippen molar-refractivity contribution in [2.24, 2.45) is 0 Å². The van der Waals surface area contributed by atoms with Gasteiger partial charge in [-0.2, -0.15) is 0 Å². The third kappa shape index (κ3) is 1.72. The summed E-state index contributed by atoms with van der Waals surface area (Å²) in [6, 6.07) is 7.07. The molecule has 0 atom stereocenters. The predicted molar refractivity (Wildman–Crippen MR) is 53.5 cm³/mol. The van der Waals surface area contributed by atoms with E-state index in [9.17, 15) is 0 Å². The molecule has 1 rings (SSSR count). The minimum atomic E-state index is 0.996. The molecule has 0 saturated heterocycles. The van der Waals surface area contributed by atoms with Crippen LogP contribution in [0, 0.1) is 6.07 Å². The van der Waals surface area contributed by atoms with E-state index in [1.165, 1.54) is 11.1 Å². The average molecular weight is 183 g/mol. The zero-order valence-corrected chi connectivity index (χ0v) is 8.20. The van der Waals surface area contributed by atoms with E-state index in [0.717, 1.165) is 18.5 Å². The first kappa shape index (κ1) is 9.40. The molecule has 0 aliphatic carbocycles. The molecule has 0 aliphatic heterocycles. The Kier molecular flexibility index (Phi) is 3.42. The van der Waals surface area contributed by atoms with E-state index >= 15 is 0 Å². The van der Waals surface area contributed by atoms with Crippen molar-refractivity contribution in [2.45, 2.75) is 26.7 Å². The van der Waals surface area contributed by atoms with E-state index in [1.807, 2.05) is 12.1 Å². The SMILES string of the molecule is CCc1[c]ccc(NCl)c1CC. The molecule has 1 radical (unpaired) electrons. The molecule has 12 heavy (non-hydrogen) atoms. The summed E-state index contributed by atoms with van der Waals surface area (Å²) in [6.45, 7) is 4.25. The van der Waals surface area contributed by atoms with Gasteiger partial charge in [-0.15, -0.1) is 0 Å². The van der Waals surface area contributed by atoms with Crippen LogP contribution < -0.4 is 4.84 Å². The van der Waals surface area contributed by atoms with E-state index in [2.05, 4.69) is 24.7 Å². The van der Waals surface area contributed by atoms with E-state index < -0.39 is 0 Å². The van der Waals surface area contributed by atoms with Crippen LogP contribution in [0.3, 0.4) is 0 Å². The Morgan fingerprint density at radius 3 is 2.67 bits per heavy atom. The second kappa shape index (κ2) is 4.36. The van der Waals surface area contributed by atoms with Gasteiger partial charge < -0.3 is 0 Å². The number of anilines is 1. The highest BCUT2D eigenvalue weighted by molar-refractivity contribution is 6.24. The molecule has 1 aromatic rings. The van der Waals surface area contributed by atoms with Crippen LogP contribution in [0.15, 0.2) is 12.1 Å². The first-order chi connectivity index (χ1) is 5.83. The minimum absolute atomic E-state index is 0.996. The molecule has 1 nitrogen and oxygen atoms in total. The van der Waals surface area contributed by atoms with Gasteiger partial charge in [0.1, 0.15) is 0 Å². The van der Waals surface area contributed by atoms with E-state index in [4.69, 9.17) is 11.8 Å². The van der Waals surface area contributed by atoms with E-state index in [1.54, 1.807) is 0 Å². The maximum Gasteiger partial charge on any atom is 0.0526 e. The van der Waals surface area contributed by atoms with Crippen molar-refractivity contribution in [3.8, 4) is 0 Å². The van der Waals surface area contributed by atoms with Crippen molar-refractivity contribution in [1.82, 2.24) is 0 Å². The molecule has 0 heterocycles. The fraction of sp³-hybridized carbons (Fsp3) is 0.400. The van der Waals surface area contributed by atoms with Crippen LogP contribution in [-0.4, -0.2) is 0 Å². The topological polar surface area (TPSA) is 12.0 Å². The van der Waals surface area contributed by atoms with Gasteiger partial charge in [-0.1, -0.05) is 19.9 Å². The molecule has 0 bridgehead atoms. The molecular formula is C10H13ClN. The summed E-state index contributed by atoms with van der Waals surface area (Å²) in [5.41, 5.74) is 3.54. The molecule has 1 N–H and O–H groups in total. The zero-order valence-electron chi connectivity index (χ0n) is 7.45. The summed E-state index contributed by atoms with van der Waals surface area (Å²) in [5.74, 6) is 0. The number of benzene rings is 1. The Hall–Kier alpha value is -0.690. The molecule has 0 amide bonds. The van der Waals surface area contributed by atoms with Crippen molar-refractivity contribution in [3.05, 3.63) is 29.3 Å². The summed E-state index contributed by atoms with van der Waals surface area (Å²) in [7, 11) is 0. The van der Waals surface area contributed by atoms with E-state index in [-0.39, 0.29) is 0 Å². The van der Waals surface area contributed by atoms with Crippen LogP contribution in [0.2, 0.25) is 0 Å². The Labute approximate surface area is 78.9 Å². The van der Waals surface area contributed by atoms with Gasteiger partial charge in [0.15, 0.2) is 0 Å². The standard InChI is InChI=1S/C10H13ClN/c1-3-8-6-5-7-10(12-11)9(8)4-2/h5,7,12H,3-4H2,1-2H3. The maximum atomic E-state index is 5.58. The molecule has 0 aromatic heterocycles. The third-order valence-corrected chi connectivity index (χ3v) is 2.21. The first-order valence-electron chi connectivity index (χ1n) is 4.22. The number of halogens is 1. The molecule has 0 spiro atoms. The van der Waals surface area contributed by atoms with Gasteiger partial charge >= 0.3 is 0 Å². The summed E-state index contributed by atoms with van der Waals surface area (Å²) in [6.07, 6.45) is 2.01. The summed E-state index contributed by atoms with van der Waals surface area (Å²) in [4.78, 5) is 2.67. The Bertz CT molecular complexity index is 236. The Morgan fingerprint density at radius 2 is 2.17 bits per heavy atom. The lowest BCUT2D eigenvalue weighted by Crippen LogP contribution is -1.95. The van der Waals surface area contributed by atoms with Gasteiger partial charge in [-0.25, -0.2) is 0 Å². The second-order valence-corrected chi connectivity index (χ2v) is 2.84. The van der Waals surface area contributed by atoms with E-state index in [0.29, 0.717) is 0 Å². The molecule has 2 heteroatoms. The smallest absolute Gasteiger partial charge is 0.0526 e. The van der Waals surface area contributed by atoms with Crippen LogP contribution in [0.25, 0.3) is 0 Å². The quantitative estimate of drug-likeness (QED) is 0.709. The van der Waals surface area contributed by atoms with Gasteiger partial charge in [0.2, 0.25) is 0 Å². The number of rotatable bonds is 3. The van der Waals surface area contributed by atoms with Gasteiger partial charge in [-0.05, 0) is 36.1 Å². The van der Waals surface area contributed by atoms with Gasteiger partial charge in [0.05, 0.1) is 5.69 Å². The van der Waals surface area contributed by atoms with Crippen molar-refractivity contribution < 1.29 is 0 Å². The summed E-state index contributed by atoms with van der Waals surface area (Å²) in [5, 5.41) is 0.